The SMILES string of the molecule is CC(C)CNCC1CC12CCS(=O)(=O)CC2. The number of sulfone groups is 1. The molecule has 0 radical (unpaired) electrons. The third-order valence-electron chi connectivity index (χ3n) is 4.12. The molecular weight excluding hydrogens is 222 g/mol. The topological polar surface area (TPSA) is 46.2 Å². The fourth-order valence-corrected chi connectivity index (χ4v) is 4.46. The van der Waals surface area contributed by atoms with Gasteiger partial charge in [0, 0.05) is 0 Å². The number of nitrogens with one attached hydrogen (secondary N) is 1. The van der Waals surface area contributed by atoms with Crippen LogP contribution < -0.4 is 5.32 Å². The number of hydrogen-bond acceptors (Lipinski definition) is 3. The fourth-order valence-electron chi connectivity index (χ4n) is 2.82. The predicted molar refractivity (Wildman–Crippen MR) is 66.1 cm³/mol. The molecule has 0 aromatic carbocycles. The molecule has 1 aliphatic carbocycles. The van der Waals surface area contributed by atoms with Crippen molar-refractivity contribution >= 4 is 9.84 Å². The second kappa shape index (κ2) is 4.30. The van der Waals surface area contributed by atoms with E-state index in [-0.39, 0.29) is 0 Å². The summed E-state index contributed by atoms with van der Waals surface area (Å²) in [6.07, 6.45) is 3.06. The average Bonchev–Trinajstić information content (AvgIpc) is 2.85. The van der Waals surface area contributed by atoms with Crippen molar-refractivity contribution in [2.24, 2.45) is 17.3 Å². The molecule has 0 aromatic rings. The van der Waals surface area contributed by atoms with Crippen molar-refractivity contribution in [3.8, 4) is 0 Å². The van der Waals surface area contributed by atoms with Gasteiger partial charge in [0.2, 0.25) is 0 Å². The summed E-state index contributed by atoms with van der Waals surface area (Å²) in [6.45, 7) is 6.58. The van der Waals surface area contributed by atoms with Crippen molar-refractivity contribution in [1.82, 2.24) is 5.32 Å². The van der Waals surface area contributed by atoms with Gasteiger partial charge in [-0.05, 0) is 49.6 Å². The van der Waals surface area contributed by atoms with E-state index in [0.29, 0.717) is 22.8 Å². The molecule has 2 rings (SSSR count). The lowest BCUT2D eigenvalue weighted by Gasteiger charge is -2.23. The molecule has 1 atom stereocenters. The van der Waals surface area contributed by atoms with E-state index in [0.717, 1.165) is 31.8 Å². The maximum Gasteiger partial charge on any atom is 0.150 e. The molecule has 16 heavy (non-hydrogen) atoms. The van der Waals surface area contributed by atoms with E-state index in [1.807, 2.05) is 0 Å². The minimum absolute atomic E-state index is 0.398. The van der Waals surface area contributed by atoms with E-state index in [1.165, 1.54) is 6.42 Å². The Bertz CT molecular complexity index is 334. The molecule has 1 saturated heterocycles. The first-order valence-corrected chi connectivity index (χ1v) is 8.17. The fraction of sp³-hybridized carbons (Fsp3) is 1.00. The van der Waals surface area contributed by atoms with Gasteiger partial charge in [-0.1, -0.05) is 13.8 Å². The van der Waals surface area contributed by atoms with E-state index in [1.54, 1.807) is 0 Å². The monoisotopic (exact) mass is 245 g/mol. The molecule has 1 aliphatic heterocycles. The van der Waals surface area contributed by atoms with E-state index in [2.05, 4.69) is 19.2 Å². The molecule has 1 N–H and O–H groups in total. The first kappa shape index (κ1) is 12.4. The Kier molecular flexibility index (Phi) is 3.32. The molecule has 0 amide bonds. The van der Waals surface area contributed by atoms with Crippen LogP contribution in [0.25, 0.3) is 0 Å². The quantitative estimate of drug-likeness (QED) is 0.815. The van der Waals surface area contributed by atoms with Gasteiger partial charge in [0.05, 0.1) is 11.5 Å². The van der Waals surface area contributed by atoms with E-state index < -0.39 is 9.84 Å². The number of rotatable bonds is 4. The summed E-state index contributed by atoms with van der Waals surface area (Å²) in [6, 6.07) is 0. The molecule has 94 valence electrons. The van der Waals surface area contributed by atoms with Gasteiger partial charge in [0.15, 0.2) is 0 Å². The normalized spacial score (nSPS) is 30.8. The molecule has 3 nitrogen and oxygen atoms in total. The van der Waals surface area contributed by atoms with E-state index in [9.17, 15) is 8.42 Å². The Morgan fingerprint density at radius 1 is 1.31 bits per heavy atom. The zero-order chi connectivity index (χ0) is 11.8. The summed E-state index contributed by atoms with van der Waals surface area (Å²) in [5, 5.41) is 3.49. The molecule has 4 heteroatoms. The second-order valence-corrected chi connectivity index (χ2v) is 8.27. The zero-order valence-corrected chi connectivity index (χ0v) is 11.1. The van der Waals surface area contributed by atoms with Crippen molar-refractivity contribution in [3.63, 3.8) is 0 Å². The van der Waals surface area contributed by atoms with Crippen LogP contribution >= 0.6 is 0 Å². The summed E-state index contributed by atoms with van der Waals surface area (Å²) in [5.74, 6) is 2.28. The Balaban J connectivity index is 1.74. The molecule has 1 saturated carbocycles. The smallest absolute Gasteiger partial charge is 0.150 e. The lowest BCUT2D eigenvalue weighted by atomic mass is 9.96. The molecule has 2 fully saturated rings. The maximum atomic E-state index is 11.4. The predicted octanol–water partition coefficient (Wildman–Crippen LogP) is 1.45. The van der Waals surface area contributed by atoms with Crippen molar-refractivity contribution in [2.75, 3.05) is 24.6 Å². The third-order valence-corrected chi connectivity index (χ3v) is 5.78. The van der Waals surface area contributed by atoms with Gasteiger partial charge in [-0.25, -0.2) is 8.42 Å². The van der Waals surface area contributed by atoms with Crippen molar-refractivity contribution < 1.29 is 8.42 Å². The summed E-state index contributed by atoms with van der Waals surface area (Å²) in [7, 11) is -2.69. The van der Waals surface area contributed by atoms with Crippen LogP contribution in [0.2, 0.25) is 0 Å². The Morgan fingerprint density at radius 2 is 1.94 bits per heavy atom. The van der Waals surface area contributed by atoms with Crippen molar-refractivity contribution in [3.05, 3.63) is 0 Å². The van der Waals surface area contributed by atoms with Gasteiger partial charge < -0.3 is 5.32 Å². The molecule has 2 aliphatic rings. The molecule has 1 unspecified atom stereocenters. The highest BCUT2D eigenvalue weighted by Crippen LogP contribution is 2.59. The standard InChI is InChI=1S/C12H23NO2S/c1-10(2)8-13-9-11-7-12(11)3-5-16(14,15)6-4-12/h10-11,13H,3-9H2,1-2H3. The minimum Gasteiger partial charge on any atom is -0.316 e. The van der Waals surface area contributed by atoms with Crippen molar-refractivity contribution in [2.45, 2.75) is 33.1 Å². The Hall–Kier alpha value is -0.0900. The average molecular weight is 245 g/mol. The highest BCUT2D eigenvalue weighted by molar-refractivity contribution is 7.91. The van der Waals surface area contributed by atoms with Gasteiger partial charge in [0.25, 0.3) is 0 Å². The van der Waals surface area contributed by atoms with E-state index in [4.69, 9.17) is 0 Å². The molecule has 0 bridgehead atoms. The highest BCUT2D eigenvalue weighted by Gasteiger charge is 2.55. The second-order valence-electron chi connectivity index (χ2n) is 5.97. The summed E-state index contributed by atoms with van der Waals surface area (Å²) in [5.41, 5.74) is 0.398. The summed E-state index contributed by atoms with van der Waals surface area (Å²) < 4.78 is 22.7. The molecule has 0 aromatic heterocycles. The van der Waals surface area contributed by atoms with Crippen LogP contribution in [0.15, 0.2) is 0 Å². The van der Waals surface area contributed by atoms with Crippen LogP contribution in [-0.2, 0) is 9.84 Å². The minimum atomic E-state index is -2.69. The van der Waals surface area contributed by atoms with Gasteiger partial charge in [-0.2, -0.15) is 0 Å². The van der Waals surface area contributed by atoms with Gasteiger partial charge in [-0.15, -0.1) is 0 Å². The van der Waals surface area contributed by atoms with Crippen LogP contribution in [-0.4, -0.2) is 33.0 Å². The maximum absolute atomic E-state index is 11.4. The van der Waals surface area contributed by atoms with Crippen LogP contribution in [0.1, 0.15) is 33.1 Å². The first-order chi connectivity index (χ1) is 7.44. The van der Waals surface area contributed by atoms with Gasteiger partial charge in [0.1, 0.15) is 9.84 Å². The molecule has 1 heterocycles. The number of hydrogen-bond donors (Lipinski definition) is 1. The van der Waals surface area contributed by atoms with Crippen LogP contribution in [0.3, 0.4) is 0 Å². The van der Waals surface area contributed by atoms with Gasteiger partial charge in [-0.3, -0.25) is 0 Å². The Labute approximate surface area is 98.9 Å². The Morgan fingerprint density at radius 3 is 2.50 bits per heavy atom. The van der Waals surface area contributed by atoms with Gasteiger partial charge >= 0.3 is 0 Å². The lowest BCUT2D eigenvalue weighted by molar-refractivity contribution is 0.390. The third kappa shape index (κ3) is 2.77. The van der Waals surface area contributed by atoms with Crippen LogP contribution in [0, 0.1) is 17.3 Å². The molecule has 1 spiro atoms. The van der Waals surface area contributed by atoms with Crippen LogP contribution in [0.5, 0.6) is 0 Å². The zero-order valence-electron chi connectivity index (χ0n) is 10.3. The summed E-state index contributed by atoms with van der Waals surface area (Å²) >= 11 is 0. The molecular formula is C12H23NO2S. The van der Waals surface area contributed by atoms with Crippen molar-refractivity contribution in [1.29, 1.82) is 0 Å². The largest absolute Gasteiger partial charge is 0.316 e. The lowest BCUT2D eigenvalue weighted by Crippen LogP contribution is -2.29. The highest BCUT2D eigenvalue weighted by atomic mass is 32.2. The van der Waals surface area contributed by atoms with E-state index >= 15 is 0 Å². The first-order valence-electron chi connectivity index (χ1n) is 6.35. The summed E-state index contributed by atoms with van der Waals surface area (Å²) in [4.78, 5) is 0. The van der Waals surface area contributed by atoms with Crippen LogP contribution in [0.4, 0.5) is 0 Å².